The molecule has 1 unspecified atom stereocenters. The monoisotopic (exact) mass is 291 g/mol. The van der Waals surface area contributed by atoms with Gasteiger partial charge in [0.25, 0.3) is 0 Å². The maximum absolute atomic E-state index is 12.6. The Kier molecular flexibility index (Phi) is 4.14. The molecule has 0 fully saturated rings. The Hall–Kier alpha value is -2.21. The molecule has 2 rings (SSSR count). The van der Waals surface area contributed by atoms with Crippen molar-refractivity contribution in [2.24, 2.45) is 0 Å². The van der Waals surface area contributed by atoms with E-state index >= 15 is 0 Å². The van der Waals surface area contributed by atoms with Crippen molar-refractivity contribution in [3.8, 4) is 0 Å². The van der Waals surface area contributed by atoms with E-state index in [2.05, 4.69) is 0 Å². The van der Waals surface area contributed by atoms with Gasteiger partial charge in [0.05, 0.1) is 4.90 Å². The lowest BCUT2D eigenvalue weighted by Gasteiger charge is -2.14. The molecule has 0 aliphatic rings. The summed E-state index contributed by atoms with van der Waals surface area (Å²) < 4.78 is 25.1. The van der Waals surface area contributed by atoms with Gasteiger partial charge in [-0.25, -0.2) is 8.42 Å². The molecule has 0 bridgehead atoms. The number of nitrogens with zero attached hydrogens (tertiary/aromatic N) is 1. The average molecular weight is 291 g/mol. The van der Waals surface area contributed by atoms with E-state index in [1.807, 2.05) is 0 Å². The molecule has 2 aromatic carbocycles. The van der Waals surface area contributed by atoms with Gasteiger partial charge in [-0.1, -0.05) is 48.5 Å². The van der Waals surface area contributed by atoms with Crippen LogP contribution in [0.25, 0.3) is 0 Å². The Morgan fingerprint density at radius 1 is 0.950 bits per heavy atom. The number of hydrogen-bond acceptors (Lipinski definition) is 4. The third-order valence-electron chi connectivity index (χ3n) is 2.93. The number of hydrogen-bond donors (Lipinski definition) is 0. The summed E-state index contributed by atoms with van der Waals surface area (Å²) in [6.07, 6.45) is 0. The summed E-state index contributed by atoms with van der Waals surface area (Å²) in [6.45, 7) is -0.652. The van der Waals surface area contributed by atoms with Crippen molar-refractivity contribution in [3.05, 3.63) is 76.3 Å². The van der Waals surface area contributed by atoms with Gasteiger partial charge >= 0.3 is 0 Å². The first-order valence-electron chi connectivity index (χ1n) is 5.97. The van der Waals surface area contributed by atoms with Crippen LogP contribution in [0.1, 0.15) is 10.8 Å². The van der Waals surface area contributed by atoms with Gasteiger partial charge in [0, 0.05) is 4.92 Å². The summed E-state index contributed by atoms with van der Waals surface area (Å²) in [5.41, 5.74) is 0.424. The minimum atomic E-state index is -3.79. The minimum Gasteiger partial charge on any atom is -0.264 e. The molecule has 0 N–H and O–H groups in total. The third kappa shape index (κ3) is 3.03. The van der Waals surface area contributed by atoms with E-state index in [1.165, 1.54) is 12.1 Å². The SMILES string of the molecule is O=[N+]([O-])CC(c1ccccc1)S(=O)(=O)c1ccccc1. The Morgan fingerprint density at radius 2 is 1.45 bits per heavy atom. The number of rotatable bonds is 5. The van der Waals surface area contributed by atoms with Gasteiger partial charge in [-0.3, -0.25) is 10.1 Å². The van der Waals surface area contributed by atoms with Gasteiger partial charge in [0.2, 0.25) is 6.54 Å². The van der Waals surface area contributed by atoms with Crippen LogP contribution in [0.3, 0.4) is 0 Å². The number of nitro groups is 1. The smallest absolute Gasteiger partial charge is 0.225 e. The molecule has 0 aromatic heterocycles. The molecular weight excluding hydrogens is 278 g/mol. The predicted molar refractivity (Wildman–Crippen MR) is 74.7 cm³/mol. The first kappa shape index (κ1) is 14.2. The van der Waals surface area contributed by atoms with E-state index < -0.39 is 26.6 Å². The zero-order valence-corrected chi connectivity index (χ0v) is 11.4. The summed E-state index contributed by atoms with van der Waals surface area (Å²) in [4.78, 5) is 10.3. The summed E-state index contributed by atoms with van der Waals surface area (Å²) in [5, 5.41) is 9.62. The molecule has 2 aromatic rings. The molecular formula is C14H13NO4S. The highest BCUT2D eigenvalue weighted by atomic mass is 32.2. The Balaban J connectivity index is 2.49. The van der Waals surface area contributed by atoms with Crippen molar-refractivity contribution >= 4 is 9.84 Å². The maximum atomic E-state index is 12.6. The normalized spacial score (nSPS) is 12.8. The third-order valence-corrected chi connectivity index (χ3v) is 5.03. The summed E-state index contributed by atoms with van der Waals surface area (Å²) in [5.74, 6) is 0. The zero-order valence-electron chi connectivity index (χ0n) is 10.5. The van der Waals surface area contributed by atoms with Crippen LogP contribution >= 0.6 is 0 Å². The van der Waals surface area contributed by atoms with Crippen LogP contribution in [0.5, 0.6) is 0 Å². The van der Waals surface area contributed by atoms with Gasteiger partial charge in [0.1, 0.15) is 0 Å². The lowest BCUT2D eigenvalue weighted by molar-refractivity contribution is -0.479. The van der Waals surface area contributed by atoms with Gasteiger partial charge < -0.3 is 0 Å². The molecule has 20 heavy (non-hydrogen) atoms. The largest absolute Gasteiger partial charge is 0.264 e. The average Bonchev–Trinajstić information content (AvgIpc) is 2.46. The van der Waals surface area contributed by atoms with Crippen molar-refractivity contribution in [1.29, 1.82) is 0 Å². The summed E-state index contributed by atoms with van der Waals surface area (Å²) in [6, 6.07) is 16.1. The summed E-state index contributed by atoms with van der Waals surface area (Å²) in [7, 11) is -3.79. The predicted octanol–water partition coefficient (Wildman–Crippen LogP) is 2.48. The molecule has 0 aliphatic heterocycles. The molecule has 0 saturated carbocycles. The second kappa shape index (κ2) is 5.83. The topological polar surface area (TPSA) is 77.3 Å². The zero-order chi connectivity index (χ0) is 14.6. The Labute approximate surface area is 116 Å². The minimum absolute atomic E-state index is 0.0932. The molecule has 0 amide bonds. The highest BCUT2D eigenvalue weighted by Crippen LogP contribution is 2.28. The van der Waals surface area contributed by atoms with Gasteiger partial charge in [-0.05, 0) is 17.7 Å². The quantitative estimate of drug-likeness (QED) is 0.626. The fourth-order valence-electron chi connectivity index (χ4n) is 1.96. The van der Waals surface area contributed by atoms with Gasteiger partial charge in [-0.15, -0.1) is 0 Å². The van der Waals surface area contributed by atoms with Gasteiger partial charge in [-0.2, -0.15) is 0 Å². The molecule has 0 heterocycles. The summed E-state index contributed by atoms with van der Waals surface area (Å²) >= 11 is 0. The van der Waals surface area contributed by atoms with E-state index in [0.29, 0.717) is 5.56 Å². The molecule has 0 spiro atoms. The molecule has 1 atom stereocenters. The van der Waals surface area contributed by atoms with Crippen molar-refractivity contribution < 1.29 is 13.3 Å². The van der Waals surface area contributed by atoms with Crippen LogP contribution in [0.15, 0.2) is 65.6 Å². The van der Waals surface area contributed by atoms with Crippen molar-refractivity contribution in [2.45, 2.75) is 10.1 Å². The van der Waals surface area contributed by atoms with Crippen LogP contribution in [0.2, 0.25) is 0 Å². The van der Waals surface area contributed by atoms with Crippen LogP contribution < -0.4 is 0 Å². The Bertz CT molecular complexity index is 684. The standard InChI is InChI=1S/C14H13NO4S/c16-15(17)11-14(12-7-3-1-4-8-12)20(18,19)13-9-5-2-6-10-13/h1-10,14H,11H2. The first-order valence-corrected chi connectivity index (χ1v) is 7.52. The number of sulfone groups is 1. The molecule has 0 saturated heterocycles. The van der Waals surface area contributed by atoms with E-state index in [-0.39, 0.29) is 4.90 Å². The van der Waals surface area contributed by atoms with Crippen molar-refractivity contribution in [1.82, 2.24) is 0 Å². The van der Waals surface area contributed by atoms with E-state index in [9.17, 15) is 18.5 Å². The fraction of sp³-hybridized carbons (Fsp3) is 0.143. The van der Waals surface area contributed by atoms with Crippen LogP contribution in [0.4, 0.5) is 0 Å². The molecule has 0 aliphatic carbocycles. The van der Waals surface area contributed by atoms with E-state index in [0.717, 1.165) is 0 Å². The van der Waals surface area contributed by atoms with E-state index in [4.69, 9.17) is 0 Å². The fourth-order valence-corrected chi connectivity index (χ4v) is 3.66. The van der Waals surface area contributed by atoms with E-state index in [1.54, 1.807) is 48.5 Å². The van der Waals surface area contributed by atoms with Crippen molar-refractivity contribution in [3.63, 3.8) is 0 Å². The van der Waals surface area contributed by atoms with Crippen LogP contribution in [-0.4, -0.2) is 19.9 Å². The van der Waals surface area contributed by atoms with Crippen LogP contribution in [-0.2, 0) is 9.84 Å². The first-order chi connectivity index (χ1) is 9.51. The maximum Gasteiger partial charge on any atom is 0.225 e. The molecule has 5 nitrogen and oxygen atoms in total. The molecule has 6 heteroatoms. The second-order valence-corrected chi connectivity index (χ2v) is 6.40. The number of benzene rings is 2. The van der Waals surface area contributed by atoms with Crippen molar-refractivity contribution in [2.75, 3.05) is 6.54 Å². The Morgan fingerprint density at radius 3 is 1.95 bits per heavy atom. The lowest BCUT2D eigenvalue weighted by Crippen LogP contribution is -2.22. The molecule has 104 valence electrons. The second-order valence-electron chi connectivity index (χ2n) is 4.27. The molecule has 0 radical (unpaired) electrons. The lowest BCUT2D eigenvalue weighted by atomic mass is 10.1. The highest BCUT2D eigenvalue weighted by molar-refractivity contribution is 7.91. The van der Waals surface area contributed by atoms with Gasteiger partial charge in [0.15, 0.2) is 15.1 Å². The highest BCUT2D eigenvalue weighted by Gasteiger charge is 2.33. The van der Waals surface area contributed by atoms with Crippen LogP contribution in [0, 0.1) is 10.1 Å².